The number of hydrogen-bond acceptors (Lipinski definition) is 5. The third-order valence-corrected chi connectivity index (χ3v) is 4.02. The third-order valence-electron chi connectivity index (χ3n) is 4.02. The predicted octanol–water partition coefficient (Wildman–Crippen LogP) is 4.32. The number of rotatable bonds is 16. The van der Waals surface area contributed by atoms with E-state index in [2.05, 4.69) is 31.8 Å². The molecule has 0 fully saturated rings. The molecule has 0 aromatic heterocycles. The van der Waals surface area contributed by atoms with Crippen molar-refractivity contribution in [3.8, 4) is 0 Å². The Labute approximate surface area is 145 Å². The summed E-state index contributed by atoms with van der Waals surface area (Å²) in [6.07, 6.45) is 7.20. The first kappa shape index (κ1) is 22.2. The number of ketones is 1. The summed E-state index contributed by atoms with van der Waals surface area (Å²) in [4.78, 5) is 22.0. The Morgan fingerprint density at radius 1 is 1.17 bits per heavy atom. The topological polar surface area (TPSA) is 76.0 Å². The molecule has 0 spiro atoms. The number of nitrogens with zero attached hydrogens (tertiary/aromatic N) is 1. The highest BCUT2D eigenvalue weighted by Gasteiger charge is 2.13. The molecule has 0 aromatic rings. The Morgan fingerprint density at radius 2 is 1.88 bits per heavy atom. The maximum absolute atomic E-state index is 11.2. The van der Waals surface area contributed by atoms with Crippen molar-refractivity contribution in [1.82, 2.24) is 0 Å². The van der Waals surface area contributed by atoms with E-state index in [-0.39, 0.29) is 18.4 Å². The first-order valence-corrected chi connectivity index (χ1v) is 8.52. The predicted molar refractivity (Wildman–Crippen MR) is 97.6 cm³/mol. The van der Waals surface area contributed by atoms with E-state index in [0.29, 0.717) is 37.4 Å². The third kappa shape index (κ3) is 11.8. The number of nitroso groups, excluding NO2 is 1. The largest absolute Gasteiger partial charge is 0.492 e. The fourth-order valence-corrected chi connectivity index (χ4v) is 2.33. The summed E-state index contributed by atoms with van der Waals surface area (Å²) in [6.45, 7) is 12.9. The minimum absolute atomic E-state index is 0.0487. The van der Waals surface area contributed by atoms with Crippen molar-refractivity contribution < 1.29 is 14.6 Å². The molecule has 0 radical (unpaired) electrons. The van der Waals surface area contributed by atoms with Crippen LogP contribution >= 0.6 is 0 Å². The number of allylic oxidation sites excluding steroid dienone is 2. The summed E-state index contributed by atoms with van der Waals surface area (Å²) < 4.78 is 5.22. The standard InChI is InChI=1S/C19H31NO4/c1-5-16(4)24-14-19(22)12-10-15(3)8-7-9-17(20-23)11-13-18(21)6-2/h5-6,15,17,19,22H,1-2,4,7-14H2,3H3. The Balaban J connectivity index is 3.83. The molecule has 0 heterocycles. The first-order chi connectivity index (χ1) is 11.4. The second kappa shape index (κ2) is 13.7. The highest BCUT2D eigenvalue weighted by atomic mass is 16.5. The van der Waals surface area contributed by atoms with E-state index < -0.39 is 6.10 Å². The van der Waals surface area contributed by atoms with Crippen LogP contribution in [0, 0.1) is 10.8 Å². The van der Waals surface area contributed by atoms with Crippen LogP contribution in [-0.2, 0) is 9.53 Å². The van der Waals surface area contributed by atoms with E-state index in [1.807, 2.05) is 0 Å². The van der Waals surface area contributed by atoms with Gasteiger partial charge in [-0.15, -0.1) is 0 Å². The van der Waals surface area contributed by atoms with Crippen LogP contribution < -0.4 is 0 Å². The van der Waals surface area contributed by atoms with Crippen LogP contribution in [0.4, 0.5) is 0 Å². The summed E-state index contributed by atoms with van der Waals surface area (Å²) >= 11 is 0. The lowest BCUT2D eigenvalue weighted by molar-refractivity contribution is -0.114. The van der Waals surface area contributed by atoms with Gasteiger partial charge < -0.3 is 9.84 Å². The maximum Gasteiger partial charge on any atom is 0.155 e. The lowest BCUT2D eigenvalue weighted by atomic mass is 9.95. The van der Waals surface area contributed by atoms with Gasteiger partial charge >= 0.3 is 0 Å². The summed E-state index contributed by atoms with van der Waals surface area (Å²) in [7, 11) is 0. The van der Waals surface area contributed by atoms with Crippen LogP contribution in [0.2, 0.25) is 0 Å². The van der Waals surface area contributed by atoms with Crippen LogP contribution in [-0.4, -0.2) is 29.6 Å². The Morgan fingerprint density at radius 3 is 2.46 bits per heavy atom. The first-order valence-electron chi connectivity index (χ1n) is 8.52. The molecule has 0 saturated heterocycles. The van der Waals surface area contributed by atoms with E-state index in [1.54, 1.807) is 0 Å². The Kier molecular flexibility index (Phi) is 12.7. The van der Waals surface area contributed by atoms with Gasteiger partial charge in [-0.2, -0.15) is 4.91 Å². The Bertz CT molecular complexity index is 420. The van der Waals surface area contributed by atoms with Crippen molar-refractivity contribution in [3.63, 3.8) is 0 Å². The van der Waals surface area contributed by atoms with E-state index in [9.17, 15) is 14.8 Å². The van der Waals surface area contributed by atoms with E-state index in [0.717, 1.165) is 19.3 Å². The van der Waals surface area contributed by atoms with Gasteiger partial charge in [-0.1, -0.05) is 44.7 Å². The number of hydrogen-bond donors (Lipinski definition) is 1. The fourth-order valence-electron chi connectivity index (χ4n) is 2.33. The molecule has 3 atom stereocenters. The summed E-state index contributed by atoms with van der Waals surface area (Å²) in [5.41, 5.74) is 0. The van der Waals surface area contributed by atoms with Crippen LogP contribution in [0.1, 0.15) is 51.9 Å². The molecule has 136 valence electrons. The summed E-state index contributed by atoms with van der Waals surface area (Å²) in [6, 6.07) is -0.301. The highest BCUT2D eigenvalue weighted by Crippen LogP contribution is 2.19. The van der Waals surface area contributed by atoms with Crippen molar-refractivity contribution in [1.29, 1.82) is 0 Å². The van der Waals surface area contributed by atoms with Gasteiger partial charge in [0, 0.05) is 6.42 Å². The molecule has 0 aromatic carbocycles. The lowest BCUT2D eigenvalue weighted by Crippen LogP contribution is -2.16. The maximum atomic E-state index is 11.2. The number of carbonyl (C=O) groups is 1. The number of ether oxygens (including phenoxy) is 1. The minimum Gasteiger partial charge on any atom is -0.492 e. The van der Waals surface area contributed by atoms with Gasteiger partial charge in [-0.3, -0.25) is 4.79 Å². The Hall–Kier alpha value is -1.75. The van der Waals surface area contributed by atoms with Crippen molar-refractivity contribution >= 4 is 5.78 Å². The number of aliphatic hydroxyl groups is 1. The van der Waals surface area contributed by atoms with Gasteiger partial charge in [0.2, 0.25) is 0 Å². The average molecular weight is 337 g/mol. The van der Waals surface area contributed by atoms with Crippen molar-refractivity contribution in [2.75, 3.05) is 6.61 Å². The molecule has 0 aliphatic rings. The van der Waals surface area contributed by atoms with E-state index >= 15 is 0 Å². The minimum atomic E-state index is -0.515. The molecule has 0 aliphatic heterocycles. The van der Waals surface area contributed by atoms with E-state index in [4.69, 9.17) is 4.74 Å². The fraction of sp³-hybridized carbons (Fsp3) is 0.632. The van der Waals surface area contributed by atoms with Gasteiger partial charge in [0.25, 0.3) is 0 Å². The molecule has 0 rings (SSSR count). The van der Waals surface area contributed by atoms with Crippen molar-refractivity contribution in [3.05, 3.63) is 42.6 Å². The second-order valence-corrected chi connectivity index (χ2v) is 6.22. The van der Waals surface area contributed by atoms with Crippen molar-refractivity contribution in [2.24, 2.45) is 11.1 Å². The molecule has 0 amide bonds. The molecular formula is C19H31NO4. The van der Waals surface area contributed by atoms with Gasteiger partial charge in [-0.05, 0) is 43.8 Å². The highest BCUT2D eigenvalue weighted by molar-refractivity contribution is 5.88. The monoisotopic (exact) mass is 337 g/mol. The molecule has 3 unspecified atom stereocenters. The smallest absolute Gasteiger partial charge is 0.155 e. The molecule has 24 heavy (non-hydrogen) atoms. The van der Waals surface area contributed by atoms with Crippen LogP contribution in [0.3, 0.4) is 0 Å². The van der Waals surface area contributed by atoms with Crippen molar-refractivity contribution in [2.45, 2.75) is 64.0 Å². The molecule has 5 heteroatoms. The average Bonchev–Trinajstić information content (AvgIpc) is 2.60. The van der Waals surface area contributed by atoms with E-state index in [1.165, 1.54) is 12.2 Å². The zero-order valence-corrected chi connectivity index (χ0v) is 14.8. The molecule has 1 N–H and O–H groups in total. The van der Waals surface area contributed by atoms with Gasteiger partial charge in [0.1, 0.15) is 12.4 Å². The van der Waals surface area contributed by atoms with Crippen LogP contribution in [0.5, 0.6) is 0 Å². The molecule has 0 aliphatic carbocycles. The molecule has 5 nitrogen and oxygen atoms in total. The zero-order chi connectivity index (χ0) is 18.4. The molecule has 0 bridgehead atoms. The van der Waals surface area contributed by atoms with Gasteiger partial charge in [-0.25, -0.2) is 0 Å². The van der Waals surface area contributed by atoms with Gasteiger partial charge in [0.05, 0.1) is 12.1 Å². The number of aliphatic hydroxyl groups excluding tert-OH is 1. The summed E-state index contributed by atoms with van der Waals surface area (Å²) in [5, 5.41) is 12.9. The summed E-state index contributed by atoms with van der Waals surface area (Å²) in [5.74, 6) is 0.862. The molecule has 0 saturated carbocycles. The molecular weight excluding hydrogens is 306 g/mol. The van der Waals surface area contributed by atoms with Crippen LogP contribution in [0.15, 0.2) is 42.8 Å². The normalized spacial score (nSPS) is 14.2. The zero-order valence-electron chi connectivity index (χ0n) is 14.8. The quantitative estimate of drug-likeness (QED) is 0.197. The van der Waals surface area contributed by atoms with Crippen LogP contribution in [0.25, 0.3) is 0 Å². The van der Waals surface area contributed by atoms with Gasteiger partial charge in [0.15, 0.2) is 5.78 Å². The second-order valence-electron chi connectivity index (χ2n) is 6.22. The SMILES string of the molecule is C=CC(=C)OCC(O)CCC(C)CCCC(CCC(=O)C=C)N=O. The number of carbonyl (C=O) groups excluding carboxylic acids is 1. The lowest BCUT2D eigenvalue weighted by Gasteiger charge is -2.16.